The van der Waals surface area contributed by atoms with Gasteiger partial charge in [0.05, 0.1) is 16.1 Å². The second kappa shape index (κ2) is 9.56. The van der Waals surface area contributed by atoms with Gasteiger partial charge in [-0.1, -0.05) is 13.0 Å². The van der Waals surface area contributed by atoms with Crippen LogP contribution < -0.4 is 16.2 Å². The van der Waals surface area contributed by atoms with Crippen molar-refractivity contribution in [3.63, 3.8) is 0 Å². The van der Waals surface area contributed by atoms with E-state index in [4.69, 9.17) is 10.2 Å². The van der Waals surface area contributed by atoms with Crippen LogP contribution in [0.5, 0.6) is 0 Å². The Morgan fingerprint density at radius 3 is 2.39 bits per heavy atom. The smallest absolute Gasteiger partial charge is 0.391 e. The Balaban J connectivity index is 2.22. The van der Waals surface area contributed by atoms with Crippen molar-refractivity contribution in [1.82, 2.24) is 14.9 Å². The fourth-order valence-electron chi connectivity index (χ4n) is 3.94. The summed E-state index contributed by atoms with van der Waals surface area (Å²) in [7, 11) is -4.73. The third kappa shape index (κ3) is 5.22. The van der Waals surface area contributed by atoms with Gasteiger partial charge in [-0.2, -0.15) is 4.72 Å². The molecule has 3 rings (SSSR count). The van der Waals surface area contributed by atoms with Crippen LogP contribution >= 0.6 is 0 Å². The molecule has 0 unspecified atom stereocenters. The van der Waals surface area contributed by atoms with Crippen LogP contribution in [0.1, 0.15) is 71.2 Å². The number of nitrogens with two attached hydrogens (primary N) is 1. The van der Waals surface area contributed by atoms with E-state index < -0.39 is 72.8 Å². The van der Waals surface area contributed by atoms with E-state index in [0.29, 0.717) is 11.6 Å². The van der Waals surface area contributed by atoms with Crippen LogP contribution in [0.4, 0.5) is 8.78 Å². The largest absolute Gasteiger partial charge is 0.434 e. The average Bonchev–Trinajstić information content (AvgIpc) is 3.19. The summed E-state index contributed by atoms with van der Waals surface area (Å²) < 4.78 is 63.8. The molecule has 10 nitrogen and oxygen atoms in total. The second-order valence-corrected chi connectivity index (χ2v) is 10.7. The van der Waals surface area contributed by atoms with Crippen LogP contribution in [-0.2, 0) is 15.6 Å². The molecular formula is C23H26F2N4O6S. The molecule has 1 heterocycles. The van der Waals surface area contributed by atoms with Crippen LogP contribution in [0.25, 0.3) is 0 Å². The maximum Gasteiger partial charge on any atom is 0.434 e. The molecule has 0 saturated heterocycles. The molecule has 0 bridgehead atoms. The molecule has 0 aliphatic heterocycles. The Hall–Kier alpha value is -3.42. The van der Waals surface area contributed by atoms with Crippen LogP contribution in [0, 0.1) is 25.5 Å². The summed E-state index contributed by atoms with van der Waals surface area (Å²) in [5.74, 6) is -5.27. The number of hydrogen-bond acceptors (Lipinski definition) is 7. The predicted molar refractivity (Wildman–Crippen MR) is 125 cm³/mol. The number of hydrogen-bond donors (Lipinski definition) is 4. The van der Waals surface area contributed by atoms with Crippen LogP contribution in [-0.4, -0.2) is 29.6 Å². The summed E-state index contributed by atoms with van der Waals surface area (Å²) in [6.45, 7) is 7.35. The monoisotopic (exact) mass is 524 g/mol. The molecule has 1 aromatic heterocycles. The molecule has 0 spiro atoms. The number of nitrogens with one attached hydrogen (secondary N) is 2. The molecule has 0 aliphatic rings. The van der Waals surface area contributed by atoms with E-state index in [2.05, 4.69) is 9.82 Å². The maximum absolute atomic E-state index is 14.9. The lowest BCUT2D eigenvalue weighted by Crippen LogP contribution is -2.34. The number of primary amides is 1. The number of aromatic amines is 1. The Morgan fingerprint density at radius 2 is 1.86 bits per heavy atom. The fraction of sp³-hybridized carbons (Fsp3) is 0.348. The topological polar surface area (TPSA) is 168 Å². The van der Waals surface area contributed by atoms with Gasteiger partial charge in [0.15, 0.2) is 0 Å². The molecule has 0 fully saturated rings. The summed E-state index contributed by atoms with van der Waals surface area (Å²) >= 11 is 0. The number of aliphatic hydroxyl groups is 1. The summed E-state index contributed by atoms with van der Waals surface area (Å²) in [5.41, 5.74) is 3.80. The molecular weight excluding hydrogens is 498 g/mol. The normalized spacial score (nSPS) is 14.0. The van der Waals surface area contributed by atoms with Gasteiger partial charge in [0.1, 0.15) is 17.7 Å². The Kier molecular flexibility index (Phi) is 7.22. The number of rotatable bonds is 8. The molecule has 194 valence electrons. The highest BCUT2D eigenvalue weighted by Gasteiger charge is 2.36. The number of amides is 1. The summed E-state index contributed by atoms with van der Waals surface area (Å²) in [4.78, 5) is 22.9. The van der Waals surface area contributed by atoms with Gasteiger partial charge in [-0.15, -0.1) is 5.10 Å². The highest BCUT2D eigenvalue weighted by Crippen LogP contribution is 2.36. The molecule has 0 radical (unpaired) electrons. The van der Waals surface area contributed by atoms with Gasteiger partial charge in [-0.05, 0) is 62.6 Å². The van der Waals surface area contributed by atoms with Crippen molar-refractivity contribution in [3.8, 4) is 0 Å². The predicted octanol–water partition coefficient (Wildman–Crippen LogP) is 2.41. The van der Waals surface area contributed by atoms with Crippen molar-refractivity contribution in [3.05, 3.63) is 80.2 Å². The van der Waals surface area contributed by atoms with E-state index >= 15 is 0 Å². The average molecular weight is 525 g/mol. The third-order valence-corrected chi connectivity index (χ3v) is 7.46. The number of sulfonamides is 1. The lowest BCUT2D eigenvalue weighted by atomic mass is 9.88. The molecule has 3 aromatic rings. The summed E-state index contributed by atoms with van der Waals surface area (Å²) in [6, 6.07) is 2.74. The number of aromatic nitrogens is 2. The quantitative estimate of drug-likeness (QED) is 0.351. The first-order chi connectivity index (χ1) is 16.5. The number of benzene rings is 2. The minimum absolute atomic E-state index is 0.139. The first-order valence-corrected chi connectivity index (χ1v) is 12.2. The van der Waals surface area contributed by atoms with Crippen LogP contribution in [0.3, 0.4) is 0 Å². The van der Waals surface area contributed by atoms with Gasteiger partial charge in [0, 0.05) is 11.5 Å². The van der Waals surface area contributed by atoms with Crippen molar-refractivity contribution < 1.29 is 31.5 Å². The number of carbonyl (C=O) groups excluding carboxylic acids is 1. The zero-order valence-electron chi connectivity index (χ0n) is 20.1. The van der Waals surface area contributed by atoms with Gasteiger partial charge in [0.25, 0.3) is 0 Å². The standard InChI is InChI=1S/C23H26F2N4O6S/c1-10-6-7-15(24)18(11(10)2)12(3)19(21-27-28-22(31)35-21)29-36(33,34)17-9-14(23(4,5)32)16(25)8-13(17)20(26)30/h6-9,12,19,29,32H,1-5H3,(H2,26,30)(H,28,31)/t12-,19+/m1/s1. The molecule has 1 amide bonds. The van der Waals surface area contributed by atoms with E-state index in [9.17, 15) is 31.9 Å². The SMILES string of the molecule is Cc1ccc(F)c([C@@H](C)[C@H](NS(=O)(=O)c2cc(C(C)(C)O)c(F)cc2C(N)=O)c2n[nH]c(=O)o2)c1C. The van der Waals surface area contributed by atoms with Crippen LogP contribution in [0.2, 0.25) is 0 Å². The minimum atomic E-state index is -4.73. The first-order valence-electron chi connectivity index (χ1n) is 10.7. The molecule has 2 atom stereocenters. The van der Waals surface area contributed by atoms with Crippen molar-refractivity contribution in [2.45, 2.75) is 57.1 Å². The lowest BCUT2D eigenvalue weighted by molar-refractivity contribution is 0.0740. The minimum Gasteiger partial charge on any atom is -0.391 e. The lowest BCUT2D eigenvalue weighted by Gasteiger charge is -2.26. The Labute approximate surface area is 205 Å². The van der Waals surface area contributed by atoms with Gasteiger partial charge in [-0.3, -0.25) is 4.79 Å². The van der Waals surface area contributed by atoms with E-state index in [0.717, 1.165) is 11.6 Å². The van der Waals surface area contributed by atoms with E-state index in [-0.39, 0.29) is 5.56 Å². The molecule has 2 aromatic carbocycles. The van der Waals surface area contributed by atoms with Gasteiger partial charge in [-0.25, -0.2) is 27.1 Å². The Morgan fingerprint density at radius 1 is 1.22 bits per heavy atom. The zero-order chi connectivity index (χ0) is 27.2. The molecule has 0 aliphatic carbocycles. The highest BCUT2D eigenvalue weighted by molar-refractivity contribution is 7.89. The molecule has 5 N–H and O–H groups in total. The summed E-state index contributed by atoms with van der Waals surface area (Å²) in [5, 5.41) is 16.0. The van der Waals surface area contributed by atoms with Crippen molar-refractivity contribution in [1.29, 1.82) is 0 Å². The molecule has 36 heavy (non-hydrogen) atoms. The van der Waals surface area contributed by atoms with Gasteiger partial charge >= 0.3 is 5.76 Å². The number of halogens is 2. The van der Waals surface area contributed by atoms with E-state index in [1.165, 1.54) is 26.8 Å². The van der Waals surface area contributed by atoms with Crippen molar-refractivity contribution in [2.75, 3.05) is 0 Å². The van der Waals surface area contributed by atoms with Crippen LogP contribution in [0.15, 0.2) is 38.4 Å². The summed E-state index contributed by atoms with van der Waals surface area (Å²) in [6.07, 6.45) is 0. The molecule has 0 saturated carbocycles. The van der Waals surface area contributed by atoms with Crippen molar-refractivity contribution >= 4 is 15.9 Å². The van der Waals surface area contributed by atoms with E-state index in [1.807, 2.05) is 5.10 Å². The number of aryl methyl sites for hydroxylation is 1. The third-order valence-electron chi connectivity index (χ3n) is 5.97. The first kappa shape index (κ1) is 27.2. The number of carbonyl (C=O) groups is 1. The number of H-pyrrole nitrogens is 1. The maximum atomic E-state index is 14.9. The zero-order valence-corrected chi connectivity index (χ0v) is 21.0. The van der Waals surface area contributed by atoms with Gasteiger partial charge < -0.3 is 15.3 Å². The fourth-order valence-corrected chi connectivity index (χ4v) is 5.43. The van der Waals surface area contributed by atoms with E-state index in [1.54, 1.807) is 19.9 Å². The second-order valence-electron chi connectivity index (χ2n) is 8.99. The van der Waals surface area contributed by atoms with Crippen molar-refractivity contribution in [2.24, 2.45) is 5.73 Å². The molecule has 13 heteroatoms. The Bertz CT molecular complexity index is 1490. The highest BCUT2D eigenvalue weighted by atomic mass is 32.2. The van der Waals surface area contributed by atoms with Gasteiger partial charge in [0.2, 0.25) is 21.8 Å². The number of nitrogens with zero attached hydrogens (tertiary/aromatic N) is 1.